The van der Waals surface area contributed by atoms with E-state index in [1.54, 1.807) is 0 Å². The van der Waals surface area contributed by atoms with Gasteiger partial charge in [0.05, 0.1) is 8.95 Å². The third-order valence-electron chi connectivity index (χ3n) is 1.18. The number of hydrogen-bond donors (Lipinski definition) is 0. The van der Waals surface area contributed by atoms with Crippen molar-refractivity contribution in [2.45, 2.75) is 0 Å². The summed E-state index contributed by atoms with van der Waals surface area (Å²) in [7, 11) is 0. The van der Waals surface area contributed by atoms with Crippen molar-refractivity contribution in [3.63, 3.8) is 0 Å². The molecule has 0 N–H and O–H groups in total. The minimum absolute atomic E-state index is 0.469. The Hall–Kier alpha value is 0.680. The second kappa shape index (κ2) is 4.96. The summed E-state index contributed by atoms with van der Waals surface area (Å²) in [6, 6.07) is 3.80. The van der Waals surface area contributed by atoms with Crippen LogP contribution in [0.2, 0.25) is 0 Å². The van der Waals surface area contributed by atoms with Gasteiger partial charge in [0.1, 0.15) is 0 Å². The highest BCUT2D eigenvalue weighted by Gasteiger charge is 2.08. The Morgan fingerprint density at radius 1 is 1.15 bits per heavy atom. The zero-order chi connectivity index (χ0) is 10.0. The normalized spacial score (nSPS) is 9.85. The third-order valence-corrected chi connectivity index (χ3v) is 2.97. The SMILES string of the molecule is C=C(Br)Oc1c(Br)cc(Br)cc1Br. The second-order valence-electron chi connectivity index (χ2n) is 2.16. The van der Waals surface area contributed by atoms with Gasteiger partial charge in [-0.15, -0.1) is 0 Å². The van der Waals surface area contributed by atoms with E-state index in [2.05, 4.69) is 70.3 Å². The molecule has 1 aromatic carbocycles. The first-order valence-corrected chi connectivity index (χ1v) is 6.34. The maximum atomic E-state index is 5.34. The van der Waals surface area contributed by atoms with Crippen molar-refractivity contribution < 1.29 is 4.74 Å². The standard InChI is InChI=1S/C8H4Br4O/c1-4(9)13-8-6(11)2-5(10)3-7(8)12/h2-3H,1H2. The Kier molecular flexibility index (Phi) is 4.48. The predicted molar refractivity (Wildman–Crippen MR) is 68.2 cm³/mol. The van der Waals surface area contributed by atoms with Crippen LogP contribution in [0.3, 0.4) is 0 Å². The molecular formula is C8H4Br4O. The van der Waals surface area contributed by atoms with Crippen molar-refractivity contribution in [3.05, 3.63) is 36.8 Å². The van der Waals surface area contributed by atoms with E-state index in [1.807, 2.05) is 12.1 Å². The molecule has 0 unspecified atom stereocenters. The van der Waals surface area contributed by atoms with Crippen LogP contribution in [0.4, 0.5) is 0 Å². The van der Waals surface area contributed by atoms with Gasteiger partial charge in [-0.3, -0.25) is 0 Å². The molecule has 0 radical (unpaired) electrons. The maximum absolute atomic E-state index is 5.34. The molecule has 0 amide bonds. The van der Waals surface area contributed by atoms with Crippen molar-refractivity contribution in [1.82, 2.24) is 0 Å². The van der Waals surface area contributed by atoms with Crippen LogP contribution < -0.4 is 4.74 Å². The van der Waals surface area contributed by atoms with Gasteiger partial charge in [0.2, 0.25) is 0 Å². The van der Waals surface area contributed by atoms with Gasteiger partial charge in [0.25, 0.3) is 0 Å². The second-order valence-corrected chi connectivity index (χ2v) is 5.66. The number of hydrogen-bond acceptors (Lipinski definition) is 1. The Labute approximate surface area is 110 Å². The van der Waals surface area contributed by atoms with E-state index in [4.69, 9.17) is 4.74 Å². The van der Waals surface area contributed by atoms with Crippen molar-refractivity contribution >= 4 is 63.7 Å². The summed E-state index contributed by atoms with van der Waals surface area (Å²) < 4.78 is 8.49. The van der Waals surface area contributed by atoms with E-state index < -0.39 is 0 Å². The van der Waals surface area contributed by atoms with Gasteiger partial charge < -0.3 is 4.74 Å². The van der Waals surface area contributed by atoms with Crippen LogP contribution in [0.5, 0.6) is 5.75 Å². The zero-order valence-corrected chi connectivity index (χ0v) is 12.6. The average Bonchev–Trinajstić information content (AvgIpc) is 1.96. The highest BCUT2D eigenvalue weighted by atomic mass is 79.9. The summed E-state index contributed by atoms with van der Waals surface area (Å²) >= 11 is 13.3. The molecule has 0 aromatic heterocycles. The fourth-order valence-corrected chi connectivity index (χ4v) is 3.32. The molecule has 1 nitrogen and oxygen atoms in total. The molecule has 0 aliphatic carbocycles. The lowest BCUT2D eigenvalue weighted by Crippen LogP contribution is -1.88. The Bertz CT molecular complexity index is 325. The van der Waals surface area contributed by atoms with Crippen molar-refractivity contribution in [2.75, 3.05) is 0 Å². The fourth-order valence-electron chi connectivity index (χ4n) is 0.737. The number of rotatable bonds is 2. The van der Waals surface area contributed by atoms with E-state index in [1.165, 1.54) is 0 Å². The molecule has 0 spiro atoms. The van der Waals surface area contributed by atoms with Crippen molar-refractivity contribution in [2.24, 2.45) is 0 Å². The highest BCUT2D eigenvalue weighted by molar-refractivity contribution is 9.12. The van der Waals surface area contributed by atoms with Crippen molar-refractivity contribution in [3.8, 4) is 5.75 Å². The van der Waals surface area contributed by atoms with Gasteiger partial charge in [-0.25, -0.2) is 0 Å². The van der Waals surface area contributed by atoms with E-state index in [0.717, 1.165) is 13.4 Å². The Balaban J connectivity index is 3.13. The lowest BCUT2D eigenvalue weighted by molar-refractivity contribution is 0.465. The van der Waals surface area contributed by atoms with Crippen LogP contribution in [0, 0.1) is 0 Å². The fraction of sp³-hybridized carbons (Fsp3) is 0. The van der Waals surface area contributed by atoms with Gasteiger partial charge in [0.15, 0.2) is 10.4 Å². The molecule has 0 saturated carbocycles. The van der Waals surface area contributed by atoms with Gasteiger partial charge in [-0.05, 0) is 66.5 Å². The molecular weight excluding hydrogens is 432 g/mol. The minimum Gasteiger partial charge on any atom is -0.448 e. The third kappa shape index (κ3) is 3.38. The Morgan fingerprint density at radius 3 is 2.00 bits per heavy atom. The summed E-state index contributed by atoms with van der Waals surface area (Å²) in [5.74, 6) is 0.699. The molecule has 0 aliphatic heterocycles. The molecule has 70 valence electrons. The first kappa shape index (κ1) is 11.8. The van der Waals surface area contributed by atoms with Gasteiger partial charge in [0, 0.05) is 4.47 Å². The molecule has 1 aromatic rings. The average molecular weight is 436 g/mol. The monoisotopic (exact) mass is 432 g/mol. The van der Waals surface area contributed by atoms with Crippen LogP contribution in [0.15, 0.2) is 36.8 Å². The Morgan fingerprint density at radius 2 is 1.62 bits per heavy atom. The molecule has 0 fully saturated rings. The minimum atomic E-state index is 0.469. The van der Waals surface area contributed by atoms with Crippen molar-refractivity contribution in [1.29, 1.82) is 0 Å². The van der Waals surface area contributed by atoms with E-state index in [9.17, 15) is 0 Å². The van der Waals surface area contributed by atoms with Crippen LogP contribution >= 0.6 is 63.7 Å². The van der Waals surface area contributed by atoms with Gasteiger partial charge >= 0.3 is 0 Å². The topological polar surface area (TPSA) is 9.23 Å². The molecule has 0 saturated heterocycles. The molecule has 1 rings (SSSR count). The van der Waals surface area contributed by atoms with Crippen LogP contribution in [0.1, 0.15) is 0 Å². The van der Waals surface area contributed by atoms with Crippen LogP contribution in [0.25, 0.3) is 0 Å². The lowest BCUT2D eigenvalue weighted by atomic mass is 10.3. The summed E-state index contributed by atoms with van der Waals surface area (Å²) in [5, 5.41) is 0. The number of halogens is 4. The summed E-state index contributed by atoms with van der Waals surface area (Å²) in [6.07, 6.45) is 0. The van der Waals surface area contributed by atoms with E-state index in [0.29, 0.717) is 10.4 Å². The maximum Gasteiger partial charge on any atom is 0.162 e. The summed E-state index contributed by atoms with van der Waals surface area (Å²) in [6.45, 7) is 3.60. The molecule has 0 heterocycles. The number of benzene rings is 1. The van der Waals surface area contributed by atoms with E-state index in [-0.39, 0.29) is 0 Å². The van der Waals surface area contributed by atoms with Gasteiger partial charge in [-0.2, -0.15) is 0 Å². The molecule has 0 atom stereocenters. The van der Waals surface area contributed by atoms with Gasteiger partial charge in [-0.1, -0.05) is 15.9 Å². The molecule has 0 bridgehead atoms. The lowest BCUT2D eigenvalue weighted by Gasteiger charge is -2.08. The smallest absolute Gasteiger partial charge is 0.162 e. The molecule has 0 aliphatic rings. The van der Waals surface area contributed by atoms with Crippen LogP contribution in [-0.2, 0) is 0 Å². The quantitative estimate of drug-likeness (QED) is 0.579. The summed E-state index contributed by atoms with van der Waals surface area (Å²) in [4.78, 5) is 0. The molecule has 13 heavy (non-hydrogen) atoms. The number of ether oxygens (including phenoxy) is 1. The largest absolute Gasteiger partial charge is 0.448 e. The van der Waals surface area contributed by atoms with E-state index >= 15 is 0 Å². The first-order chi connectivity index (χ1) is 6.00. The summed E-state index contributed by atoms with van der Waals surface area (Å²) in [5.41, 5.74) is 0. The zero-order valence-electron chi connectivity index (χ0n) is 6.28. The highest BCUT2D eigenvalue weighted by Crippen LogP contribution is 2.37. The molecule has 5 heteroatoms. The first-order valence-electron chi connectivity index (χ1n) is 3.17. The van der Waals surface area contributed by atoms with Crippen LogP contribution in [-0.4, -0.2) is 0 Å². The predicted octanol–water partition coefficient (Wildman–Crippen LogP) is 5.22.